The maximum atomic E-state index is 12.4. The minimum Gasteiger partial charge on any atom is -0.443 e. The Morgan fingerprint density at radius 1 is 0.920 bits per heavy atom. The highest BCUT2D eigenvalue weighted by molar-refractivity contribution is 9.18. The van der Waals surface area contributed by atoms with Gasteiger partial charge in [0.25, 0.3) is 15.9 Å². The fourth-order valence-corrected chi connectivity index (χ4v) is 3.07. The molecule has 0 aromatic heterocycles. The van der Waals surface area contributed by atoms with E-state index in [0.29, 0.717) is 0 Å². The van der Waals surface area contributed by atoms with E-state index in [1.54, 1.807) is 0 Å². The number of ether oxygens (including phenoxy) is 2. The lowest BCUT2D eigenvalue weighted by atomic mass is 9.72. The lowest BCUT2D eigenvalue weighted by Gasteiger charge is -2.46. The van der Waals surface area contributed by atoms with E-state index < -0.39 is 58.2 Å². The third-order valence-electron chi connectivity index (χ3n) is 3.39. The zero-order valence-electron chi connectivity index (χ0n) is 13.9. The predicted molar refractivity (Wildman–Crippen MR) is 83.4 cm³/mol. The molecule has 0 saturated carbocycles. The maximum Gasteiger partial charge on any atom is 0.304 e. The molecule has 11 heteroatoms. The molecule has 0 heterocycles. The van der Waals surface area contributed by atoms with Gasteiger partial charge >= 0.3 is 11.9 Å². The van der Waals surface area contributed by atoms with Gasteiger partial charge in [-0.15, -0.1) is 0 Å². The highest BCUT2D eigenvalue weighted by Crippen LogP contribution is 2.39. The normalized spacial score (nSPS) is 18.1. The zero-order chi connectivity index (χ0) is 20.2. The SMILES string of the molecule is CC(=O)O[C@@](C(C)=O)(C(=O)Br)[C@](OC(C)=O)(C(C)=O)[C@H](O)[C@H](O)CO. The number of aliphatic hydroxyl groups is 3. The molecule has 0 saturated heterocycles. The monoisotopic (exact) mass is 426 g/mol. The second-order valence-electron chi connectivity index (χ2n) is 5.18. The van der Waals surface area contributed by atoms with Crippen LogP contribution in [-0.2, 0) is 33.4 Å². The van der Waals surface area contributed by atoms with Gasteiger partial charge in [0.05, 0.1) is 6.61 Å². The second kappa shape index (κ2) is 8.61. The molecule has 0 amide bonds. The van der Waals surface area contributed by atoms with E-state index in [4.69, 9.17) is 14.6 Å². The van der Waals surface area contributed by atoms with Crippen molar-refractivity contribution >= 4 is 44.1 Å². The Bertz CT molecular complexity index is 572. The smallest absolute Gasteiger partial charge is 0.304 e. The standard InChI is InChI=1S/C14H19BrO10/c1-6(17)13(24-8(3)19,11(22)10(21)5-16)14(7(2)18,12(15)23)25-9(4)20/h10-11,16,21-22H,5H2,1-4H3/t10-,11-,13+,14+/m1/s1. The van der Waals surface area contributed by atoms with E-state index in [1.165, 1.54) is 0 Å². The van der Waals surface area contributed by atoms with Gasteiger partial charge in [-0.05, 0) is 29.8 Å². The lowest BCUT2D eigenvalue weighted by Crippen LogP contribution is -2.75. The van der Waals surface area contributed by atoms with E-state index >= 15 is 0 Å². The zero-order valence-corrected chi connectivity index (χ0v) is 15.5. The molecular weight excluding hydrogens is 408 g/mol. The molecule has 0 rings (SSSR count). The number of rotatable bonds is 9. The van der Waals surface area contributed by atoms with E-state index in [2.05, 4.69) is 15.9 Å². The summed E-state index contributed by atoms with van der Waals surface area (Å²) < 4.78 is 8.17. The first-order valence-corrected chi connectivity index (χ1v) is 7.68. The molecule has 142 valence electrons. The fraction of sp³-hybridized carbons (Fsp3) is 0.643. The Labute approximate surface area is 151 Å². The van der Waals surface area contributed by atoms with Crippen molar-refractivity contribution in [3.63, 3.8) is 0 Å². The molecule has 25 heavy (non-hydrogen) atoms. The fourth-order valence-electron chi connectivity index (χ4n) is 2.42. The average Bonchev–Trinajstić information content (AvgIpc) is 2.47. The van der Waals surface area contributed by atoms with E-state index in [-0.39, 0.29) is 0 Å². The Morgan fingerprint density at radius 2 is 1.36 bits per heavy atom. The predicted octanol–water partition coefficient (Wildman–Crippen LogP) is -1.60. The van der Waals surface area contributed by atoms with Crippen LogP contribution in [0, 0.1) is 0 Å². The summed E-state index contributed by atoms with van der Waals surface area (Å²) in [7, 11) is 0. The summed E-state index contributed by atoms with van der Waals surface area (Å²) in [6.45, 7) is 1.98. The van der Waals surface area contributed by atoms with Crippen molar-refractivity contribution in [2.24, 2.45) is 0 Å². The van der Waals surface area contributed by atoms with Gasteiger partial charge in [-0.1, -0.05) is 0 Å². The molecule has 0 unspecified atom stereocenters. The van der Waals surface area contributed by atoms with Gasteiger partial charge in [-0.2, -0.15) is 0 Å². The molecule has 0 aromatic rings. The van der Waals surface area contributed by atoms with Gasteiger partial charge in [-0.25, -0.2) is 0 Å². The van der Waals surface area contributed by atoms with Crippen LogP contribution in [-0.4, -0.2) is 73.5 Å². The van der Waals surface area contributed by atoms with Crippen LogP contribution in [0.2, 0.25) is 0 Å². The molecule has 0 radical (unpaired) electrons. The molecule has 0 aliphatic rings. The van der Waals surface area contributed by atoms with Crippen molar-refractivity contribution < 1.29 is 48.8 Å². The highest BCUT2D eigenvalue weighted by Gasteiger charge is 2.72. The summed E-state index contributed by atoms with van der Waals surface area (Å²) in [6.07, 6.45) is -4.60. The van der Waals surface area contributed by atoms with Crippen molar-refractivity contribution in [3.05, 3.63) is 0 Å². The minimum atomic E-state index is -3.14. The number of carbonyl (C=O) groups is 5. The number of hydrogen-bond acceptors (Lipinski definition) is 10. The van der Waals surface area contributed by atoms with Gasteiger partial charge in [-0.3, -0.25) is 24.0 Å². The summed E-state index contributed by atoms with van der Waals surface area (Å²) in [4.78, 5) is 59.9. The van der Waals surface area contributed by atoms with E-state index in [9.17, 15) is 34.2 Å². The first-order valence-electron chi connectivity index (χ1n) is 6.89. The number of Topliss-reactive ketones (excluding diaryl/α,β-unsaturated/α-hetero) is 2. The molecule has 0 aromatic carbocycles. The molecule has 0 fully saturated rings. The van der Waals surface area contributed by atoms with Gasteiger partial charge in [0.2, 0.25) is 0 Å². The first kappa shape index (κ1) is 23.3. The summed E-state index contributed by atoms with van der Waals surface area (Å²) in [6, 6.07) is 0. The summed E-state index contributed by atoms with van der Waals surface area (Å²) in [5, 5.41) is 29.2. The Hall–Kier alpha value is -1.69. The molecule has 0 bridgehead atoms. The van der Waals surface area contributed by atoms with Crippen molar-refractivity contribution in [1.82, 2.24) is 0 Å². The van der Waals surface area contributed by atoms with Crippen LogP contribution >= 0.6 is 15.9 Å². The van der Waals surface area contributed by atoms with Crippen LogP contribution in [0.1, 0.15) is 27.7 Å². The molecule has 0 aliphatic heterocycles. The summed E-state index contributed by atoms with van der Waals surface area (Å²) >= 11 is 2.42. The van der Waals surface area contributed by atoms with Gasteiger partial charge in [0.15, 0.2) is 11.6 Å². The van der Waals surface area contributed by atoms with Crippen LogP contribution in [0.25, 0.3) is 0 Å². The average molecular weight is 427 g/mol. The minimum absolute atomic E-state index is 0.743. The van der Waals surface area contributed by atoms with Gasteiger partial charge < -0.3 is 24.8 Å². The molecule has 0 spiro atoms. The van der Waals surface area contributed by atoms with Crippen molar-refractivity contribution in [1.29, 1.82) is 0 Å². The maximum absolute atomic E-state index is 12.4. The van der Waals surface area contributed by atoms with Crippen molar-refractivity contribution in [3.8, 4) is 0 Å². The van der Waals surface area contributed by atoms with Gasteiger partial charge in [0, 0.05) is 13.8 Å². The second-order valence-corrected chi connectivity index (χ2v) is 5.91. The van der Waals surface area contributed by atoms with Gasteiger partial charge in [0.1, 0.15) is 12.2 Å². The van der Waals surface area contributed by atoms with Crippen LogP contribution in [0.5, 0.6) is 0 Å². The van der Waals surface area contributed by atoms with Crippen LogP contribution in [0.4, 0.5) is 0 Å². The van der Waals surface area contributed by atoms with Crippen LogP contribution < -0.4 is 0 Å². The Morgan fingerprint density at radius 3 is 1.60 bits per heavy atom. The van der Waals surface area contributed by atoms with Crippen molar-refractivity contribution in [2.45, 2.75) is 51.1 Å². The topological polar surface area (TPSA) is 164 Å². The quantitative estimate of drug-likeness (QED) is 0.222. The third-order valence-corrected chi connectivity index (χ3v) is 3.95. The number of hydrogen-bond donors (Lipinski definition) is 3. The molecule has 10 nitrogen and oxygen atoms in total. The summed E-state index contributed by atoms with van der Waals surface area (Å²) in [5.74, 6) is -5.01. The molecule has 0 aliphatic carbocycles. The number of carbonyl (C=O) groups excluding carboxylic acids is 5. The van der Waals surface area contributed by atoms with E-state index in [0.717, 1.165) is 27.7 Å². The van der Waals surface area contributed by atoms with Crippen molar-refractivity contribution in [2.75, 3.05) is 6.61 Å². The lowest BCUT2D eigenvalue weighted by molar-refractivity contribution is -0.234. The first-order chi connectivity index (χ1) is 11.3. The molecular formula is C14H19BrO10. The Balaban J connectivity index is 7.10. The number of ketones is 2. The van der Waals surface area contributed by atoms with Crippen LogP contribution in [0.3, 0.4) is 0 Å². The number of esters is 2. The third kappa shape index (κ3) is 4.11. The largest absolute Gasteiger partial charge is 0.443 e. The summed E-state index contributed by atoms with van der Waals surface area (Å²) in [5.41, 5.74) is -6.27. The number of aliphatic hydroxyl groups excluding tert-OH is 3. The van der Waals surface area contributed by atoms with Crippen LogP contribution in [0.15, 0.2) is 0 Å². The Kier molecular flexibility index (Phi) is 8.02. The molecule has 3 N–H and O–H groups in total. The highest BCUT2D eigenvalue weighted by atomic mass is 79.9. The van der Waals surface area contributed by atoms with E-state index in [1.807, 2.05) is 0 Å². The molecule has 4 atom stereocenters. The number of halogens is 1.